The van der Waals surface area contributed by atoms with E-state index in [1.54, 1.807) is 24.3 Å². The Labute approximate surface area is 143 Å². The molecule has 122 valence electrons. The molecule has 1 aromatic heterocycles. The zero-order valence-corrected chi connectivity index (χ0v) is 13.2. The molecule has 0 spiro atoms. The normalized spacial score (nSPS) is 10.8. The van der Waals surface area contributed by atoms with Crippen molar-refractivity contribution in [2.24, 2.45) is 0 Å². The highest BCUT2D eigenvalue weighted by Crippen LogP contribution is 2.38. The number of H-pyrrole nitrogens is 1. The lowest BCUT2D eigenvalue weighted by molar-refractivity contribution is 0.627. The predicted molar refractivity (Wildman–Crippen MR) is 94.8 cm³/mol. The van der Waals surface area contributed by atoms with Gasteiger partial charge in [-0.1, -0.05) is 42.5 Å². The fraction of sp³-hybridized carbons (Fsp3) is 0. The van der Waals surface area contributed by atoms with Crippen molar-refractivity contribution < 1.29 is 8.78 Å². The number of hydrogen-bond acceptors (Lipinski definition) is 1. The smallest absolute Gasteiger partial charge is 0.123 e. The molecule has 2 nitrogen and oxygen atoms in total. The average Bonchev–Trinajstić information content (AvgIpc) is 3.09. The number of rotatable bonds is 3. The Morgan fingerprint density at radius 2 is 1.16 bits per heavy atom. The summed E-state index contributed by atoms with van der Waals surface area (Å²) in [4.78, 5) is 0. The summed E-state index contributed by atoms with van der Waals surface area (Å²) >= 11 is 0. The van der Waals surface area contributed by atoms with Crippen LogP contribution in [0.1, 0.15) is 0 Å². The third kappa shape index (κ3) is 2.94. The van der Waals surface area contributed by atoms with E-state index in [0.717, 1.165) is 33.6 Å². The molecule has 0 aliphatic rings. The minimum absolute atomic E-state index is 0.295. The molecule has 0 unspecified atom stereocenters. The zero-order valence-electron chi connectivity index (χ0n) is 13.2. The first-order chi connectivity index (χ1) is 12.2. The van der Waals surface area contributed by atoms with Crippen LogP contribution in [0.25, 0.3) is 33.6 Å². The number of nitrogens with zero attached hydrogens (tertiary/aromatic N) is 1. The second kappa shape index (κ2) is 6.32. The number of benzene rings is 3. The highest BCUT2D eigenvalue weighted by molar-refractivity contribution is 5.91. The molecular weight excluding hydrogens is 318 g/mol. The Bertz CT molecular complexity index is 989. The minimum atomic E-state index is -0.296. The summed E-state index contributed by atoms with van der Waals surface area (Å²) < 4.78 is 26.6. The van der Waals surface area contributed by atoms with Gasteiger partial charge in [-0.2, -0.15) is 5.10 Å². The van der Waals surface area contributed by atoms with E-state index in [2.05, 4.69) is 10.2 Å². The first kappa shape index (κ1) is 15.3. The highest BCUT2D eigenvalue weighted by atomic mass is 19.1. The minimum Gasteiger partial charge on any atom is -0.277 e. The van der Waals surface area contributed by atoms with Crippen LogP contribution in [0.3, 0.4) is 0 Å². The van der Waals surface area contributed by atoms with E-state index in [0.29, 0.717) is 0 Å². The molecule has 25 heavy (non-hydrogen) atoms. The lowest BCUT2D eigenvalue weighted by atomic mass is 9.96. The number of halogens is 2. The van der Waals surface area contributed by atoms with Crippen molar-refractivity contribution in [1.82, 2.24) is 10.2 Å². The van der Waals surface area contributed by atoms with Gasteiger partial charge in [0.1, 0.15) is 17.3 Å². The second-order valence-electron chi connectivity index (χ2n) is 5.70. The molecular formula is C21H14F2N2. The Morgan fingerprint density at radius 1 is 0.600 bits per heavy atom. The van der Waals surface area contributed by atoms with Gasteiger partial charge in [-0.05, 0) is 42.0 Å². The first-order valence-corrected chi connectivity index (χ1v) is 7.88. The average molecular weight is 332 g/mol. The van der Waals surface area contributed by atoms with E-state index < -0.39 is 0 Å². The van der Waals surface area contributed by atoms with Crippen LogP contribution < -0.4 is 0 Å². The standard InChI is InChI=1S/C21H14F2N2/c22-17-10-6-14(7-11-17)19-20(15-4-2-1-3-5-15)24-25-21(19)16-8-12-18(23)13-9-16/h1-13H,(H,24,25). The van der Waals surface area contributed by atoms with Gasteiger partial charge in [0.05, 0.1) is 5.69 Å². The van der Waals surface area contributed by atoms with Crippen molar-refractivity contribution in [3.8, 4) is 33.6 Å². The lowest BCUT2D eigenvalue weighted by Crippen LogP contribution is -1.86. The lowest BCUT2D eigenvalue weighted by Gasteiger charge is -2.07. The van der Waals surface area contributed by atoms with E-state index in [4.69, 9.17) is 0 Å². The van der Waals surface area contributed by atoms with Gasteiger partial charge < -0.3 is 0 Å². The van der Waals surface area contributed by atoms with Crippen LogP contribution in [-0.4, -0.2) is 10.2 Å². The van der Waals surface area contributed by atoms with E-state index in [1.807, 2.05) is 30.3 Å². The molecule has 0 radical (unpaired) electrons. The maximum Gasteiger partial charge on any atom is 0.123 e. The maximum atomic E-state index is 13.4. The van der Waals surface area contributed by atoms with Crippen molar-refractivity contribution in [3.63, 3.8) is 0 Å². The SMILES string of the molecule is Fc1ccc(-c2[nH]nc(-c3ccccc3)c2-c2ccc(F)cc2)cc1. The molecule has 0 atom stereocenters. The molecule has 4 heteroatoms. The third-order valence-electron chi connectivity index (χ3n) is 4.08. The molecule has 1 heterocycles. The summed E-state index contributed by atoms with van der Waals surface area (Å²) in [7, 11) is 0. The van der Waals surface area contributed by atoms with Gasteiger partial charge in [0, 0.05) is 16.7 Å². The predicted octanol–water partition coefficient (Wildman–Crippen LogP) is 5.69. The topological polar surface area (TPSA) is 28.7 Å². The summed E-state index contributed by atoms with van der Waals surface area (Å²) in [5.41, 5.74) is 5.00. The Balaban J connectivity index is 1.94. The summed E-state index contributed by atoms with van der Waals surface area (Å²) in [6, 6.07) is 22.3. The molecule has 0 amide bonds. The van der Waals surface area contributed by atoms with Crippen LogP contribution in [0.4, 0.5) is 8.78 Å². The van der Waals surface area contributed by atoms with Gasteiger partial charge in [0.2, 0.25) is 0 Å². The van der Waals surface area contributed by atoms with Gasteiger partial charge >= 0.3 is 0 Å². The number of nitrogens with one attached hydrogen (secondary N) is 1. The summed E-state index contributed by atoms with van der Waals surface area (Å²) in [5, 5.41) is 7.53. The van der Waals surface area contributed by atoms with Crippen LogP contribution in [0.15, 0.2) is 78.9 Å². The molecule has 0 aliphatic carbocycles. The van der Waals surface area contributed by atoms with Crippen molar-refractivity contribution in [2.45, 2.75) is 0 Å². The van der Waals surface area contributed by atoms with E-state index >= 15 is 0 Å². The summed E-state index contributed by atoms with van der Waals surface area (Å²) in [6.45, 7) is 0. The monoisotopic (exact) mass is 332 g/mol. The van der Waals surface area contributed by atoms with Crippen LogP contribution >= 0.6 is 0 Å². The quantitative estimate of drug-likeness (QED) is 0.513. The van der Waals surface area contributed by atoms with Crippen LogP contribution in [0.2, 0.25) is 0 Å². The summed E-state index contributed by atoms with van der Waals surface area (Å²) in [6.07, 6.45) is 0. The first-order valence-electron chi connectivity index (χ1n) is 7.88. The van der Waals surface area contributed by atoms with Crippen molar-refractivity contribution in [3.05, 3.63) is 90.5 Å². The van der Waals surface area contributed by atoms with Crippen LogP contribution in [0.5, 0.6) is 0 Å². The molecule has 0 bridgehead atoms. The third-order valence-corrected chi connectivity index (χ3v) is 4.08. The van der Waals surface area contributed by atoms with Gasteiger partial charge in [0.25, 0.3) is 0 Å². The molecule has 0 fully saturated rings. The van der Waals surface area contributed by atoms with Crippen LogP contribution in [0, 0.1) is 11.6 Å². The summed E-state index contributed by atoms with van der Waals surface area (Å²) in [5.74, 6) is -0.591. The Hall–Kier alpha value is -3.27. The Morgan fingerprint density at radius 3 is 1.76 bits per heavy atom. The van der Waals surface area contributed by atoms with Gasteiger partial charge in [0.15, 0.2) is 0 Å². The highest BCUT2D eigenvalue weighted by Gasteiger charge is 2.18. The second-order valence-corrected chi connectivity index (χ2v) is 5.70. The fourth-order valence-corrected chi connectivity index (χ4v) is 2.87. The van der Waals surface area contributed by atoms with Crippen molar-refractivity contribution >= 4 is 0 Å². The van der Waals surface area contributed by atoms with Crippen LogP contribution in [-0.2, 0) is 0 Å². The van der Waals surface area contributed by atoms with Crippen molar-refractivity contribution in [1.29, 1.82) is 0 Å². The largest absolute Gasteiger partial charge is 0.277 e. The van der Waals surface area contributed by atoms with E-state index in [-0.39, 0.29) is 11.6 Å². The number of aromatic nitrogens is 2. The molecule has 4 aromatic rings. The molecule has 4 rings (SSSR count). The molecule has 0 saturated heterocycles. The molecule has 0 saturated carbocycles. The van der Waals surface area contributed by atoms with Gasteiger partial charge in [-0.25, -0.2) is 8.78 Å². The molecule has 3 aromatic carbocycles. The number of hydrogen-bond donors (Lipinski definition) is 1. The number of aromatic amines is 1. The fourth-order valence-electron chi connectivity index (χ4n) is 2.87. The Kier molecular flexibility index (Phi) is 3.86. The van der Waals surface area contributed by atoms with Crippen molar-refractivity contribution in [2.75, 3.05) is 0 Å². The van der Waals surface area contributed by atoms with E-state index in [9.17, 15) is 8.78 Å². The molecule has 0 aliphatic heterocycles. The van der Waals surface area contributed by atoms with Gasteiger partial charge in [-0.15, -0.1) is 0 Å². The van der Waals surface area contributed by atoms with E-state index in [1.165, 1.54) is 24.3 Å². The zero-order chi connectivity index (χ0) is 17.2. The van der Waals surface area contributed by atoms with Gasteiger partial charge in [-0.3, -0.25) is 5.10 Å². The molecule has 1 N–H and O–H groups in total. The maximum absolute atomic E-state index is 13.4.